The van der Waals surface area contributed by atoms with Gasteiger partial charge in [0.25, 0.3) is 0 Å². The summed E-state index contributed by atoms with van der Waals surface area (Å²) in [7, 11) is 1.63. The molecule has 0 radical (unpaired) electrons. The van der Waals surface area contributed by atoms with Crippen molar-refractivity contribution in [3.8, 4) is 16.9 Å². The average Bonchev–Trinajstić information content (AvgIpc) is 2.84. The van der Waals surface area contributed by atoms with Crippen LogP contribution in [0.25, 0.3) is 16.6 Å². The maximum atomic E-state index is 11.5. The van der Waals surface area contributed by atoms with Crippen LogP contribution in [0.4, 0.5) is 0 Å². The number of carbonyl (C=O) groups excluding carboxylic acids is 1. The zero-order chi connectivity index (χ0) is 15.0. The minimum Gasteiger partial charge on any atom is -0.497 e. The van der Waals surface area contributed by atoms with Crippen LogP contribution in [0.2, 0.25) is 0 Å². The van der Waals surface area contributed by atoms with E-state index in [1.54, 1.807) is 7.11 Å². The number of aryl methyl sites for hydroxylation is 1. The first-order chi connectivity index (χ1) is 10.1. The van der Waals surface area contributed by atoms with Gasteiger partial charge in [0.05, 0.1) is 12.8 Å². The van der Waals surface area contributed by atoms with Crippen molar-refractivity contribution in [1.82, 2.24) is 4.40 Å². The molecule has 3 rings (SSSR count). The number of nitrogens with zero attached hydrogens (tertiary/aromatic N) is 1. The molecule has 0 aliphatic carbocycles. The molecule has 0 amide bonds. The van der Waals surface area contributed by atoms with Gasteiger partial charge in [-0.15, -0.1) is 0 Å². The molecule has 2 aromatic heterocycles. The van der Waals surface area contributed by atoms with Gasteiger partial charge < -0.3 is 9.14 Å². The first kappa shape index (κ1) is 13.9. The zero-order valence-electron chi connectivity index (χ0n) is 11.8. The van der Waals surface area contributed by atoms with Crippen LogP contribution in [-0.4, -0.2) is 17.8 Å². The second-order valence-electron chi connectivity index (χ2n) is 4.91. The molecule has 21 heavy (non-hydrogen) atoms. The van der Waals surface area contributed by atoms with Crippen molar-refractivity contribution >= 4 is 27.7 Å². The van der Waals surface area contributed by atoms with Crippen molar-refractivity contribution in [1.29, 1.82) is 0 Å². The van der Waals surface area contributed by atoms with Gasteiger partial charge in [-0.3, -0.25) is 4.79 Å². The largest absolute Gasteiger partial charge is 0.497 e. The highest BCUT2D eigenvalue weighted by atomic mass is 79.9. The number of aldehydes is 1. The maximum absolute atomic E-state index is 11.5. The SMILES string of the molecule is COc1ccc(-c2cc3cc(C)ccn3c2C=O)c(Br)c1. The molecular weight excluding hydrogens is 330 g/mol. The molecule has 0 spiro atoms. The summed E-state index contributed by atoms with van der Waals surface area (Å²) in [5, 5.41) is 0. The third kappa shape index (κ3) is 2.36. The van der Waals surface area contributed by atoms with Crippen LogP contribution >= 0.6 is 15.9 Å². The van der Waals surface area contributed by atoms with E-state index in [9.17, 15) is 4.79 Å². The molecule has 106 valence electrons. The summed E-state index contributed by atoms with van der Waals surface area (Å²) in [6, 6.07) is 11.8. The highest BCUT2D eigenvalue weighted by Gasteiger charge is 2.14. The molecule has 0 fully saturated rings. The average molecular weight is 344 g/mol. The van der Waals surface area contributed by atoms with Crippen LogP contribution in [-0.2, 0) is 0 Å². The monoisotopic (exact) mass is 343 g/mol. The van der Waals surface area contributed by atoms with E-state index in [0.717, 1.165) is 38.7 Å². The summed E-state index contributed by atoms with van der Waals surface area (Å²) in [6.45, 7) is 2.04. The number of benzene rings is 1. The summed E-state index contributed by atoms with van der Waals surface area (Å²) < 4.78 is 8.02. The molecule has 0 bridgehead atoms. The fourth-order valence-electron chi connectivity index (χ4n) is 2.49. The minimum atomic E-state index is 0.649. The number of fused-ring (bicyclic) bond motifs is 1. The molecule has 0 atom stereocenters. The van der Waals surface area contributed by atoms with Gasteiger partial charge in [0.15, 0.2) is 6.29 Å². The van der Waals surface area contributed by atoms with Crippen molar-refractivity contribution < 1.29 is 9.53 Å². The van der Waals surface area contributed by atoms with Crippen LogP contribution in [0.5, 0.6) is 5.75 Å². The fraction of sp³-hybridized carbons (Fsp3) is 0.118. The maximum Gasteiger partial charge on any atom is 0.167 e. The summed E-state index contributed by atoms with van der Waals surface area (Å²) in [5.41, 5.74) is 4.70. The molecule has 0 saturated heterocycles. The number of rotatable bonds is 3. The lowest BCUT2D eigenvalue weighted by Crippen LogP contribution is -1.93. The molecule has 0 saturated carbocycles. The van der Waals surface area contributed by atoms with Crippen molar-refractivity contribution in [2.24, 2.45) is 0 Å². The zero-order valence-corrected chi connectivity index (χ0v) is 13.3. The molecule has 3 aromatic rings. The van der Waals surface area contributed by atoms with Gasteiger partial charge in [-0.05, 0) is 54.4 Å². The van der Waals surface area contributed by atoms with Gasteiger partial charge in [0.2, 0.25) is 0 Å². The fourth-order valence-corrected chi connectivity index (χ4v) is 3.06. The summed E-state index contributed by atoms with van der Waals surface area (Å²) in [4.78, 5) is 11.5. The second-order valence-corrected chi connectivity index (χ2v) is 5.76. The van der Waals surface area contributed by atoms with Gasteiger partial charge in [-0.1, -0.05) is 15.9 Å². The number of ether oxygens (including phenoxy) is 1. The summed E-state index contributed by atoms with van der Waals surface area (Å²) in [5.74, 6) is 0.776. The summed E-state index contributed by atoms with van der Waals surface area (Å²) in [6.07, 6.45) is 2.82. The first-order valence-corrected chi connectivity index (χ1v) is 7.34. The molecule has 0 aliphatic rings. The highest BCUT2D eigenvalue weighted by molar-refractivity contribution is 9.10. The van der Waals surface area contributed by atoms with Crippen LogP contribution in [0.15, 0.2) is 47.1 Å². The number of carbonyl (C=O) groups is 1. The molecule has 2 heterocycles. The molecule has 0 aliphatic heterocycles. The van der Waals surface area contributed by atoms with Gasteiger partial charge in [0.1, 0.15) is 5.75 Å². The highest BCUT2D eigenvalue weighted by Crippen LogP contribution is 2.35. The van der Waals surface area contributed by atoms with Gasteiger partial charge in [0, 0.05) is 21.7 Å². The number of halogens is 1. The minimum absolute atomic E-state index is 0.649. The van der Waals surface area contributed by atoms with Crippen LogP contribution in [0, 0.1) is 6.92 Å². The van der Waals surface area contributed by atoms with E-state index in [-0.39, 0.29) is 0 Å². The standard InChI is InChI=1S/C17H14BrNO2/c1-11-5-6-19-12(7-11)8-15(17(19)10-20)14-4-3-13(21-2)9-16(14)18/h3-10H,1-2H3. The Morgan fingerprint density at radius 1 is 1.14 bits per heavy atom. The van der Waals surface area contributed by atoms with Crippen molar-refractivity contribution in [3.05, 3.63) is 58.3 Å². The van der Waals surface area contributed by atoms with Crippen molar-refractivity contribution in [2.75, 3.05) is 7.11 Å². The Morgan fingerprint density at radius 2 is 1.95 bits per heavy atom. The van der Waals surface area contributed by atoms with E-state index in [4.69, 9.17) is 4.74 Å². The Labute approximate surface area is 131 Å². The number of hydrogen-bond acceptors (Lipinski definition) is 2. The number of hydrogen-bond donors (Lipinski definition) is 0. The Kier molecular flexibility index (Phi) is 3.55. The Bertz CT molecular complexity index is 836. The quantitative estimate of drug-likeness (QED) is 0.655. The van der Waals surface area contributed by atoms with E-state index in [1.807, 2.05) is 47.9 Å². The van der Waals surface area contributed by atoms with Crippen molar-refractivity contribution in [3.63, 3.8) is 0 Å². The number of methoxy groups -OCH3 is 1. The lowest BCUT2D eigenvalue weighted by Gasteiger charge is -2.06. The number of aromatic nitrogens is 1. The molecule has 0 unspecified atom stereocenters. The van der Waals surface area contributed by atoms with Gasteiger partial charge in [-0.2, -0.15) is 0 Å². The summed E-state index contributed by atoms with van der Waals surface area (Å²) >= 11 is 3.55. The third-order valence-electron chi connectivity index (χ3n) is 3.55. The van der Waals surface area contributed by atoms with E-state index in [0.29, 0.717) is 5.69 Å². The van der Waals surface area contributed by atoms with Gasteiger partial charge in [-0.25, -0.2) is 0 Å². The van der Waals surface area contributed by atoms with E-state index in [1.165, 1.54) is 0 Å². The van der Waals surface area contributed by atoms with Crippen LogP contribution in [0.3, 0.4) is 0 Å². The molecule has 1 aromatic carbocycles. The van der Waals surface area contributed by atoms with Crippen molar-refractivity contribution in [2.45, 2.75) is 6.92 Å². The van der Waals surface area contributed by atoms with E-state index < -0.39 is 0 Å². The predicted octanol–water partition coefficient (Wildman–Crippen LogP) is 4.50. The van der Waals surface area contributed by atoms with E-state index >= 15 is 0 Å². The number of pyridine rings is 1. The Hall–Kier alpha value is -2.07. The topological polar surface area (TPSA) is 30.7 Å². The normalized spacial score (nSPS) is 10.8. The lowest BCUT2D eigenvalue weighted by atomic mass is 10.1. The smallest absolute Gasteiger partial charge is 0.167 e. The first-order valence-electron chi connectivity index (χ1n) is 6.55. The van der Waals surface area contributed by atoms with Crippen LogP contribution < -0.4 is 4.74 Å². The Morgan fingerprint density at radius 3 is 2.62 bits per heavy atom. The molecule has 3 nitrogen and oxygen atoms in total. The molecular formula is C17H14BrNO2. The van der Waals surface area contributed by atoms with Crippen LogP contribution in [0.1, 0.15) is 16.1 Å². The van der Waals surface area contributed by atoms with Gasteiger partial charge >= 0.3 is 0 Å². The third-order valence-corrected chi connectivity index (χ3v) is 4.20. The molecule has 4 heteroatoms. The predicted molar refractivity (Wildman–Crippen MR) is 87.2 cm³/mol. The lowest BCUT2D eigenvalue weighted by molar-refractivity contribution is 0.111. The Balaban J connectivity index is 2.27. The second kappa shape index (κ2) is 5.37. The van der Waals surface area contributed by atoms with E-state index in [2.05, 4.69) is 22.0 Å². The molecule has 0 N–H and O–H groups in total.